The molecular weight excluding hydrogens is 400 g/mol. The van der Waals surface area contributed by atoms with Crippen LogP contribution in [0.25, 0.3) is 0 Å². The number of rotatable bonds is 9. The first kappa shape index (κ1) is 21.4. The van der Waals surface area contributed by atoms with Crippen LogP contribution in [0.3, 0.4) is 0 Å². The van der Waals surface area contributed by atoms with Gasteiger partial charge in [0.05, 0.1) is 4.90 Å². The smallest absolute Gasteiger partial charge is 0.189 e. The van der Waals surface area contributed by atoms with E-state index in [0.29, 0.717) is 4.90 Å². The second kappa shape index (κ2) is 9.12. The van der Waals surface area contributed by atoms with Gasteiger partial charge in [0.2, 0.25) is 0 Å². The molecule has 0 heterocycles. The van der Waals surface area contributed by atoms with Crippen molar-refractivity contribution in [1.29, 1.82) is 0 Å². The average molecular weight is 429 g/mol. The van der Waals surface area contributed by atoms with Gasteiger partial charge in [0, 0.05) is 12.3 Å². The summed E-state index contributed by atoms with van der Waals surface area (Å²) in [5.74, 6) is 2.67. The van der Waals surface area contributed by atoms with Crippen molar-refractivity contribution in [2.45, 2.75) is 47.7 Å². The second-order valence-electron chi connectivity index (χ2n) is 8.27. The van der Waals surface area contributed by atoms with E-state index in [1.54, 1.807) is 24.3 Å². The fourth-order valence-corrected chi connectivity index (χ4v) is 7.70. The predicted molar refractivity (Wildman–Crippen MR) is 126 cm³/mol. The lowest BCUT2D eigenvalue weighted by Gasteiger charge is -2.21. The third-order valence-corrected chi connectivity index (χ3v) is 9.10. The number of sulfone groups is 1. The quantitative estimate of drug-likeness (QED) is 0.294. The van der Waals surface area contributed by atoms with E-state index in [9.17, 15) is 8.42 Å². The van der Waals surface area contributed by atoms with E-state index in [-0.39, 0.29) is 11.8 Å². The van der Waals surface area contributed by atoms with Gasteiger partial charge in [-0.2, -0.15) is 0 Å². The average Bonchev–Trinajstić information content (AvgIpc) is 3.51. The van der Waals surface area contributed by atoms with E-state index >= 15 is 0 Å². The summed E-state index contributed by atoms with van der Waals surface area (Å²) in [6.07, 6.45) is 10.0. The summed E-state index contributed by atoms with van der Waals surface area (Å²) in [5, 5.41) is 0. The van der Waals surface area contributed by atoms with Crippen molar-refractivity contribution in [3.05, 3.63) is 102 Å². The molecule has 1 aliphatic rings. The molecule has 1 saturated carbocycles. The third kappa shape index (κ3) is 3.82. The van der Waals surface area contributed by atoms with Crippen LogP contribution in [0.5, 0.6) is 0 Å². The molecule has 0 aromatic heterocycles. The van der Waals surface area contributed by atoms with Crippen molar-refractivity contribution in [3.63, 3.8) is 0 Å². The molecule has 3 aromatic rings. The molecule has 0 spiro atoms. The van der Waals surface area contributed by atoms with Crippen LogP contribution < -0.4 is 0 Å². The van der Waals surface area contributed by atoms with Crippen molar-refractivity contribution in [3.8, 4) is 12.3 Å². The summed E-state index contributed by atoms with van der Waals surface area (Å²) in [6.45, 7) is 0. The highest BCUT2D eigenvalue weighted by Gasteiger charge is 2.73. The van der Waals surface area contributed by atoms with Gasteiger partial charge in [-0.25, -0.2) is 8.42 Å². The maximum absolute atomic E-state index is 14.2. The molecule has 3 aromatic carbocycles. The Bertz CT molecular complexity index is 1130. The number of unbranched alkanes of at least 4 members (excludes halogenated alkanes) is 3. The summed E-state index contributed by atoms with van der Waals surface area (Å²) in [6, 6.07) is 28.9. The first-order valence-corrected chi connectivity index (χ1v) is 12.5. The minimum atomic E-state index is -3.61. The zero-order chi connectivity index (χ0) is 21.7. The fourth-order valence-electron chi connectivity index (χ4n) is 5.13. The lowest BCUT2D eigenvalue weighted by atomic mass is 10.0. The van der Waals surface area contributed by atoms with Crippen molar-refractivity contribution in [2.24, 2.45) is 5.92 Å². The third-order valence-electron chi connectivity index (χ3n) is 6.52. The van der Waals surface area contributed by atoms with Crippen LogP contribution in [-0.4, -0.2) is 8.42 Å². The topological polar surface area (TPSA) is 34.1 Å². The Morgan fingerprint density at radius 1 is 0.774 bits per heavy atom. The Balaban J connectivity index is 1.80. The largest absolute Gasteiger partial charge is 0.223 e. The molecule has 0 aliphatic heterocycles. The van der Waals surface area contributed by atoms with Crippen LogP contribution >= 0.6 is 0 Å². The molecular formula is C28H28O2S. The Hall–Kier alpha value is -2.83. The minimum absolute atomic E-state index is 0.0355. The van der Waals surface area contributed by atoms with Crippen LogP contribution in [-0.2, 0) is 14.6 Å². The highest BCUT2D eigenvalue weighted by atomic mass is 32.2. The normalized spacial score (nSPS) is 22.5. The van der Waals surface area contributed by atoms with Gasteiger partial charge in [-0.05, 0) is 42.0 Å². The molecule has 0 N–H and O–H groups in total. The van der Waals surface area contributed by atoms with Gasteiger partial charge in [-0.15, -0.1) is 12.3 Å². The molecule has 1 aliphatic carbocycles. The first-order chi connectivity index (χ1) is 15.1. The zero-order valence-electron chi connectivity index (χ0n) is 17.7. The molecule has 0 bridgehead atoms. The standard InChI is InChI=1S/C28H28O2S/c1-2-3-4-5-15-22-26-27(23-16-9-6-10-17-23)28(26,24-18-11-7-12-19-24)31(29,30)25-20-13-8-14-21-25/h1,6-14,16-21,26-27H,3-5,15,22H2/t26-,27?,28-/m0/s1. The molecule has 1 unspecified atom stereocenters. The lowest BCUT2D eigenvalue weighted by molar-refractivity contribution is 0.550. The van der Waals surface area contributed by atoms with E-state index in [4.69, 9.17) is 6.42 Å². The van der Waals surface area contributed by atoms with Crippen LogP contribution in [0.15, 0.2) is 95.9 Å². The highest BCUT2D eigenvalue weighted by Crippen LogP contribution is 2.71. The predicted octanol–water partition coefficient (Wildman–Crippen LogP) is 6.35. The van der Waals surface area contributed by atoms with Gasteiger partial charge in [-0.1, -0.05) is 91.7 Å². The maximum Gasteiger partial charge on any atom is 0.189 e. The molecule has 0 amide bonds. The summed E-state index contributed by atoms with van der Waals surface area (Å²) in [5.41, 5.74) is 1.99. The Morgan fingerprint density at radius 2 is 1.35 bits per heavy atom. The Labute approximate surface area is 186 Å². The second-order valence-corrected chi connectivity index (χ2v) is 10.4. The van der Waals surface area contributed by atoms with Gasteiger partial charge in [0.1, 0.15) is 4.75 Å². The van der Waals surface area contributed by atoms with Gasteiger partial charge >= 0.3 is 0 Å². The molecule has 3 atom stereocenters. The summed E-state index contributed by atoms with van der Waals surface area (Å²) < 4.78 is 27.5. The summed E-state index contributed by atoms with van der Waals surface area (Å²) in [7, 11) is -3.61. The van der Waals surface area contributed by atoms with Crippen molar-refractivity contribution in [2.75, 3.05) is 0 Å². The Kier molecular flexibility index (Phi) is 6.30. The van der Waals surface area contributed by atoms with Gasteiger partial charge in [-0.3, -0.25) is 0 Å². The van der Waals surface area contributed by atoms with E-state index in [1.807, 2.05) is 54.6 Å². The van der Waals surface area contributed by atoms with Crippen LogP contribution in [0.2, 0.25) is 0 Å². The summed E-state index contributed by atoms with van der Waals surface area (Å²) in [4.78, 5) is 0.398. The van der Waals surface area contributed by atoms with Gasteiger partial charge < -0.3 is 0 Å². The molecule has 31 heavy (non-hydrogen) atoms. The fraction of sp³-hybridized carbons (Fsp3) is 0.286. The van der Waals surface area contributed by atoms with Gasteiger partial charge in [0.25, 0.3) is 0 Å². The zero-order valence-corrected chi connectivity index (χ0v) is 18.5. The van der Waals surface area contributed by atoms with E-state index in [1.165, 1.54) is 0 Å². The molecule has 2 nitrogen and oxygen atoms in total. The summed E-state index contributed by atoms with van der Waals surface area (Å²) >= 11 is 0. The monoisotopic (exact) mass is 428 g/mol. The van der Waals surface area contributed by atoms with Crippen LogP contribution in [0, 0.1) is 18.3 Å². The number of terminal acetylenes is 1. The SMILES string of the molecule is C#CCCCCC[C@H]1C(c2ccccc2)[C@@]1(c1ccccc1)S(=O)(=O)c1ccccc1. The molecule has 0 radical (unpaired) electrons. The molecule has 0 saturated heterocycles. The number of benzene rings is 3. The lowest BCUT2D eigenvalue weighted by Crippen LogP contribution is -2.25. The maximum atomic E-state index is 14.2. The van der Waals surface area contributed by atoms with E-state index in [0.717, 1.165) is 43.2 Å². The molecule has 4 rings (SSSR count). The number of hydrogen-bond donors (Lipinski definition) is 0. The van der Waals surface area contributed by atoms with Gasteiger partial charge in [0.15, 0.2) is 9.84 Å². The highest BCUT2D eigenvalue weighted by molar-refractivity contribution is 7.92. The van der Waals surface area contributed by atoms with E-state index in [2.05, 4.69) is 18.1 Å². The van der Waals surface area contributed by atoms with Crippen LogP contribution in [0.1, 0.15) is 49.1 Å². The molecule has 3 heteroatoms. The van der Waals surface area contributed by atoms with E-state index < -0.39 is 14.6 Å². The first-order valence-electron chi connectivity index (χ1n) is 11.0. The number of hydrogen-bond acceptors (Lipinski definition) is 2. The van der Waals surface area contributed by atoms with Crippen molar-refractivity contribution >= 4 is 9.84 Å². The minimum Gasteiger partial charge on any atom is -0.223 e. The molecule has 158 valence electrons. The molecule has 1 fully saturated rings. The van der Waals surface area contributed by atoms with Crippen LogP contribution in [0.4, 0.5) is 0 Å². The van der Waals surface area contributed by atoms with Crippen molar-refractivity contribution < 1.29 is 8.42 Å². The van der Waals surface area contributed by atoms with Crippen molar-refractivity contribution in [1.82, 2.24) is 0 Å². The Morgan fingerprint density at radius 3 is 1.97 bits per heavy atom.